The summed E-state index contributed by atoms with van der Waals surface area (Å²) in [6.07, 6.45) is 5.35. The van der Waals surface area contributed by atoms with E-state index in [1.807, 2.05) is 20.8 Å². The number of hydrogen-bond acceptors (Lipinski definition) is 24. The van der Waals surface area contributed by atoms with Crippen LogP contribution in [0.25, 0.3) is 33.5 Å². The molecule has 6 aromatic rings. The van der Waals surface area contributed by atoms with Gasteiger partial charge in [0.05, 0.1) is 92.1 Å². The Labute approximate surface area is 458 Å². The Hall–Kier alpha value is -6.81. The molecule has 3 saturated heterocycles. The van der Waals surface area contributed by atoms with Gasteiger partial charge in [-0.25, -0.2) is 29.9 Å². The first-order valence-corrected chi connectivity index (χ1v) is 26.5. The van der Waals surface area contributed by atoms with Crippen LogP contribution in [0.5, 0.6) is 0 Å². The lowest BCUT2D eigenvalue weighted by atomic mass is 10.0. The Morgan fingerprint density at radius 3 is 1.26 bits per heavy atom. The van der Waals surface area contributed by atoms with Crippen molar-refractivity contribution in [3.05, 3.63) is 55.8 Å². The maximum Gasteiger partial charge on any atom is 0.237 e. The van der Waals surface area contributed by atoms with Crippen molar-refractivity contribution in [3.8, 4) is 0 Å². The first-order valence-electron chi connectivity index (χ1n) is 26.5. The van der Waals surface area contributed by atoms with Crippen LogP contribution in [0.2, 0.25) is 0 Å². The van der Waals surface area contributed by atoms with Crippen LogP contribution >= 0.6 is 0 Å². The van der Waals surface area contributed by atoms with Crippen molar-refractivity contribution in [2.75, 3.05) is 37.0 Å². The van der Waals surface area contributed by atoms with Crippen LogP contribution in [0.4, 0.5) is 17.1 Å². The highest BCUT2D eigenvalue weighted by molar-refractivity contribution is 5.86. The molecule has 0 bridgehead atoms. The lowest BCUT2D eigenvalue weighted by Crippen LogP contribution is -2.53. The topological polar surface area (TPSA) is 485 Å². The van der Waals surface area contributed by atoms with Gasteiger partial charge in [-0.1, -0.05) is 33.6 Å². The zero-order chi connectivity index (χ0) is 57.7. The van der Waals surface area contributed by atoms with E-state index in [0.29, 0.717) is 63.4 Å². The summed E-state index contributed by atoms with van der Waals surface area (Å²) in [6, 6.07) is 0.478. The van der Waals surface area contributed by atoms with Gasteiger partial charge in [0.1, 0.15) is 53.2 Å². The summed E-state index contributed by atoms with van der Waals surface area (Å²) < 4.78 is 22.0. The maximum atomic E-state index is 12.4. The summed E-state index contributed by atoms with van der Waals surface area (Å²) >= 11 is 0. The molecule has 3 aliphatic heterocycles. The van der Waals surface area contributed by atoms with Crippen LogP contribution in [0.1, 0.15) is 78.0 Å². The Balaban J connectivity index is 0.000000158. The summed E-state index contributed by atoms with van der Waals surface area (Å²) in [6.45, 7) is 4.85. The highest BCUT2D eigenvalue weighted by atomic mass is 16.6. The zero-order valence-corrected chi connectivity index (χ0v) is 44.5. The normalized spacial score (nSPS) is 27.6. The summed E-state index contributed by atoms with van der Waals surface area (Å²) in [5.74, 6) is -0.688. The number of nitrogen functional groups attached to an aromatic ring is 3. The SMILES string of the molecule is CC(C)CC(N)C(=O)N[C@@H]1C(O)[C@H](n2cnc3c(N)ccnc32)O[C@@H]1CO.CCCCC(N)C(=O)N[C@@H]1C(O)[C@H](n2cnc3c(N)ccnc32)O[C@@H]1CO.Nc1ccnc2c1ncn2[C@@H]1O[C@H](CO)[C@H](NC(=O)C(N)C2CC2)C1O. The zero-order valence-electron chi connectivity index (χ0n) is 44.5. The van der Waals surface area contributed by atoms with E-state index in [4.69, 9.17) is 48.6 Å². The van der Waals surface area contributed by atoms with Gasteiger partial charge in [0.15, 0.2) is 35.6 Å². The third-order valence-corrected chi connectivity index (χ3v) is 14.6. The van der Waals surface area contributed by atoms with E-state index in [0.717, 1.165) is 25.7 Å². The predicted octanol–water partition coefficient (Wildman–Crippen LogP) is -3.13. The molecule has 4 fully saturated rings. The molecule has 436 valence electrons. The molecule has 9 heterocycles. The second-order valence-corrected chi connectivity index (χ2v) is 20.8. The highest BCUT2D eigenvalue weighted by Gasteiger charge is 2.49. The summed E-state index contributed by atoms with van der Waals surface area (Å²) in [5.41, 5.74) is 39.6. The number of fused-ring (bicyclic) bond motifs is 3. The standard InChI is InChI=1S/2C17H26N6O4.C16H22N6O4/c1-8(2)5-10(19)16(26)22-13-11(6-24)27-17(14(13)25)23-7-21-12-9(18)3-4-20-15(12)23;1-2-3-4-10(19)16(26)22-13-11(7-24)27-17(14(13)25)23-8-21-12-9(18)5-6-20-15(12)23;17-8-3-4-19-14-11(8)20-6-22(14)16-13(24)12(9(5-23)26-16)21-15(25)10(18)7-1-2-7/h3-4,7-8,10-11,13-14,17,24-25H,5-6,19H2,1-2H3,(H2,18,20)(H,22,26);5-6,8,10-11,13-14,17,24-25H,2-4,7,19H2,1H3,(H2,18,20)(H,22,26);3-4,6-7,9-10,12-13,16,23-24H,1-2,5,18H2,(H2,17,19)(H,21,25)/t2*10?,11-,13+,14?,17-;9-,10?,12+,13?,16-/m111/s1. The number of pyridine rings is 3. The van der Waals surface area contributed by atoms with Crippen LogP contribution in [-0.2, 0) is 28.6 Å². The molecule has 4 aliphatic rings. The summed E-state index contributed by atoms with van der Waals surface area (Å²) in [7, 11) is 0. The minimum absolute atomic E-state index is 0.183. The number of aliphatic hydroxyl groups is 6. The largest absolute Gasteiger partial charge is 0.397 e. The average Bonchev–Trinajstić information content (AvgIpc) is 3.99. The Kier molecular flexibility index (Phi) is 19.1. The number of nitrogens with zero attached hydrogens (tertiary/aromatic N) is 9. The molecule has 3 amide bonds. The van der Waals surface area contributed by atoms with Crippen LogP contribution in [-0.4, -0.2) is 185 Å². The molecule has 15 atom stereocenters. The smallest absolute Gasteiger partial charge is 0.237 e. The van der Waals surface area contributed by atoms with E-state index in [1.54, 1.807) is 31.9 Å². The second-order valence-electron chi connectivity index (χ2n) is 20.8. The quantitative estimate of drug-likeness (QED) is 0.0405. The molecule has 21 N–H and O–H groups in total. The Morgan fingerprint density at radius 2 is 0.938 bits per heavy atom. The number of nitrogens with one attached hydrogen (secondary N) is 3. The van der Waals surface area contributed by atoms with E-state index < -0.39 is 97.5 Å². The molecule has 6 aromatic heterocycles. The van der Waals surface area contributed by atoms with Crippen molar-refractivity contribution in [3.63, 3.8) is 0 Å². The summed E-state index contributed by atoms with van der Waals surface area (Å²) in [5, 5.41) is 69.3. The highest BCUT2D eigenvalue weighted by Crippen LogP contribution is 2.36. The number of carbonyl (C=O) groups excluding carboxylic acids is 3. The van der Waals surface area contributed by atoms with Crippen molar-refractivity contribution in [2.45, 2.75) is 151 Å². The number of hydrogen-bond donors (Lipinski definition) is 15. The van der Waals surface area contributed by atoms with Gasteiger partial charge in [-0.2, -0.15) is 0 Å². The molecule has 0 spiro atoms. The molecule has 80 heavy (non-hydrogen) atoms. The number of unbranched alkanes of at least 4 members (excludes halogenated alkanes) is 1. The van der Waals surface area contributed by atoms with Gasteiger partial charge in [0.2, 0.25) is 17.7 Å². The number of ether oxygens (including phenoxy) is 3. The number of rotatable bonds is 18. The fourth-order valence-electron chi connectivity index (χ4n) is 9.98. The minimum Gasteiger partial charge on any atom is -0.397 e. The van der Waals surface area contributed by atoms with E-state index in [9.17, 15) is 45.0 Å². The molecule has 10 rings (SSSR count). The van der Waals surface area contributed by atoms with Gasteiger partial charge < -0.3 is 95.2 Å². The number of carbonyl (C=O) groups is 3. The van der Waals surface area contributed by atoms with Crippen LogP contribution < -0.4 is 50.4 Å². The van der Waals surface area contributed by atoms with Gasteiger partial charge in [-0.05, 0) is 55.7 Å². The molecule has 6 unspecified atom stereocenters. The lowest BCUT2D eigenvalue weighted by molar-refractivity contribution is -0.125. The molecular formula is C50H74N18O12. The van der Waals surface area contributed by atoms with Crippen molar-refractivity contribution in [2.24, 2.45) is 29.0 Å². The Bertz CT molecular complexity index is 3070. The summed E-state index contributed by atoms with van der Waals surface area (Å²) in [4.78, 5) is 62.3. The van der Waals surface area contributed by atoms with Gasteiger partial charge in [-0.3, -0.25) is 28.1 Å². The van der Waals surface area contributed by atoms with Crippen LogP contribution in [0.15, 0.2) is 55.8 Å². The molecule has 0 radical (unpaired) electrons. The lowest BCUT2D eigenvalue weighted by Gasteiger charge is -2.23. The third kappa shape index (κ3) is 12.5. The van der Waals surface area contributed by atoms with Crippen LogP contribution in [0.3, 0.4) is 0 Å². The first-order chi connectivity index (χ1) is 38.3. The predicted molar refractivity (Wildman–Crippen MR) is 288 cm³/mol. The average molecular weight is 1120 g/mol. The fourth-order valence-corrected chi connectivity index (χ4v) is 9.98. The number of aliphatic hydroxyl groups excluding tert-OH is 6. The van der Waals surface area contributed by atoms with E-state index in [2.05, 4.69) is 45.9 Å². The monoisotopic (exact) mass is 1120 g/mol. The van der Waals surface area contributed by atoms with E-state index >= 15 is 0 Å². The van der Waals surface area contributed by atoms with E-state index in [1.165, 1.54) is 37.6 Å². The van der Waals surface area contributed by atoms with Crippen molar-refractivity contribution in [1.82, 2.24) is 59.6 Å². The fraction of sp³-hybridized carbons (Fsp3) is 0.580. The molecule has 0 aromatic carbocycles. The third-order valence-electron chi connectivity index (χ3n) is 14.6. The van der Waals surface area contributed by atoms with E-state index in [-0.39, 0.29) is 43.5 Å². The number of aromatic nitrogens is 9. The van der Waals surface area contributed by atoms with Crippen molar-refractivity contribution >= 4 is 68.3 Å². The molecule has 1 saturated carbocycles. The number of nitrogens with two attached hydrogens (primary N) is 6. The minimum atomic E-state index is -1.13. The second kappa shape index (κ2) is 25.8. The number of amides is 3. The first kappa shape index (κ1) is 59.3. The van der Waals surface area contributed by atoms with Crippen LogP contribution in [0, 0.1) is 11.8 Å². The van der Waals surface area contributed by atoms with Gasteiger partial charge in [0.25, 0.3) is 0 Å². The maximum absolute atomic E-state index is 12.4. The van der Waals surface area contributed by atoms with Crippen molar-refractivity contribution < 1.29 is 59.2 Å². The molecule has 1 aliphatic carbocycles. The molecule has 30 heteroatoms. The molecular weight excluding hydrogens is 1040 g/mol. The van der Waals surface area contributed by atoms with Gasteiger partial charge in [0, 0.05) is 18.6 Å². The Morgan fingerprint density at radius 1 is 0.588 bits per heavy atom. The number of anilines is 3. The molecule has 30 nitrogen and oxygen atoms in total. The number of imidazole rings is 3. The van der Waals surface area contributed by atoms with Gasteiger partial charge >= 0.3 is 0 Å². The van der Waals surface area contributed by atoms with Gasteiger partial charge in [-0.15, -0.1) is 0 Å². The van der Waals surface area contributed by atoms with Crippen molar-refractivity contribution in [1.29, 1.82) is 0 Å².